The predicted octanol–water partition coefficient (Wildman–Crippen LogP) is 4.83. The van der Waals surface area contributed by atoms with Gasteiger partial charge in [0.2, 0.25) is 0 Å². The zero-order chi connectivity index (χ0) is 17.3. The normalized spacial score (nSPS) is 10.8. The highest BCUT2D eigenvalue weighted by atomic mass is 19.1. The highest BCUT2D eigenvalue weighted by Crippen LogP contribution is 2.33. The van der Waals surface area contributed by atoms with Crippen LogP contribution in [0.3, 0.4) is 0 Å². The number of pyridine rings is 1. The Labute approximate surface area is 140 Å². The van der Waals surface area contributed by atoms with Crippen LogP contribution >= 0.6 is 0 Å². The topological polar surface area (TPSA) is 39.2 Å². The van der Waals surface area contributed by atoms with Gasteiger partial charge >= 0.3 is 5.97 Å². The third kappa shape index (κ3) is 2.87. The molecular formula is C20H18FNO2. The number of hydrogen-bond acceptors (Lipinski definition) is 3. The van der Waals surface area contributed by atoms with Crippen LogP contribution in [-0.4, -0.2) is 17.6 Å². The number of carbonyl (C=O) groups is 1. The zero-order valence-electron chi connectivity index (χ0n) is 13.9. The van der Waals surface area contributed by atoms with E-state index in [-0.39, 0.29) is 11.8 Å². The molecule has 0 amide bonds. The molecule has 0 aliphatic heterocycles. The first-order chi connectivity index (χ1) is 11.5. The molecule has 122 valence electrons. The number of aromatic nitrogens is 1. The molecule has 0 fully saturated rings. The Kier molecular flexibility index (Phi) is 4.30. The molecule has 3 rings (SSSR count). The van der Waals surface area contributed by atoms with Crippen molar-refractivity contribution in [1.82, 2.24) is 4.98 Å². The predicted molar refractivity (Wildman–Crippen MR) is 92.6 cm³/mol. The number of halogens is 1. The van der Waals surface area contributed by atoms with Crippen LogP contribution in [0.5, 0.6) is 0 Å². The van der Waals surface area contributed by atoms with Crippen molar-refractivity contribution >= 4 is 16.9 Å². The lowest BCUT2D eigenvalue weighted by Gasteiger charge is -2.14. The van der Waals surface area contributed by atoms with Gasteiger partial charge in [0.05, 0.1) is 17.7 Å². The van der Waals surface area contributed by atoms with Crippen molar-refractivity contribution in [2.75, 3.05) is 6.61 Å². The number of rotatable bonds is 3. The molecule has 0 bridgehead atoms. The number of aryl methyl sites for hydroxylation is 1. The van der Waals surface area contributed by atoms with Gasteiger partial charge in [0, 0.05) is 11.1 Å². The Balaban J connectivity index is 2.28. The third-order valence-electron chi connectivity index (χ3n) is 4.12. The van der Waals surface area contributed by atoms with Gasteiger partial charge in [-0.05, 0) is 67.8 Å². The summed E-state index contributed by atoms with van der Waals surface area (Å²) in [6.45, 7) is 6.03. The second-order valence-electron chi connectivity index (χ2n) is 5.66. The molecule has 0 saturated carbocycles. The van der Waals surface area contributed by atoms with E-state index < -0.39 is 0 Å². The quantitative estimate of drug-likeness (QED) is 0.648. The average Bonchev–Trinajstić information content (AvgIpc) is 2.57. The summed E-state index contributed by atoms with van der Waals surface area (Å²) in [4.78, 5) is 16.6. The van der Waals surface area contributed by atoms with E-state index in [0.29, 0.717) is 12.2 Å². The van der Waals surface area contributed by atoms with Crippen LogP contribution < -0.4 is 0 Å². The Morgan fingerprint density at radius 2 is 1.83 bits per heavy atom. The number of esters is 1. The summed E-state index contributed by atoms with van der Waals surface area (Å²) in [5, 5.41) is 0.857. The number of fused-ring (bicyclic) bond motifs is 1. The minimum atomic E-state index is -0.359. The molecular weight excluding hydrogens is 305 g/mol. The van der Waals surface area contributed by atoms with Gasteiger partial charge < -0.3 is 4.74 Å². The van der Waals surface area contributed by atoms with Crippen molar-refractivity contribution in [3.63, 3.8) is 0 Å². The van der Waals surface area contributed by atoms with Crippen LogP contribution in [0.1, 0.15) is 28.5 Å². The zero-order valence-corrected chi connectivity index (χ0v) is 13.9. The van der Waals surface area contributed by atoms with Crippen molar-refractivity contribution in [2.24, 2.45) is 0 Å². The lowest BCUT2D eigenvalue weighted by Crippen LogP contribution is -2.05. The molecule has 0 N–H and O–H groups in total. The van der Waals surface area contributed by atoms with Gasteiger partial charge in [-0.15, -0.1) is 0 Å². The van der Waals surface area contributed by atoms with Gasteiger partial charge in [-0.1, -0.05) is 12.1 Å². The fourth-order valence-electron chi connectivity index (χ4n) is 2.81. The van der Waals surface area contributed by atoms with E-state index in [0.717, 1.165) is 33.3 Å². The maximum atomic E-state index is 13.3. The number of benzene rings is 2. The minimum Gasteiger partial charge on any atom is -0.462 e. The first-order valence-electron chi connectivity index (χ1n) is 7.85. The minimum absolute atomic E-state index is 0.279. The lowest BCUT2D eigenvalue weighted by molar-refractivity contribution is 0.0526. The molecule has 1 heterocycles. The van der Waals surface area contributed by atoms with Crippen LogP contribution in [-0.2, 0) is 4.74 Å². The van der Waals surface area contributed by atoms with Gasteiger partial charge in [0.15, 0.2) is 0 Å². The number of carbonyl (C=O) groups excluding carboxylic acids is 1. The number of hydrogen-bond donors (Lipinski definition) is 0. The molecule has 0 atom stereocenters. The fourth-order valence-corrected chi connectivity index (χ4v) is 2.81. The van der Waals surface area contributed by atoms with E-state index in [1.807, 2.05) is 19.9 Å². The molecule has 0 aliphatic rings. The van der Waals surface area contributed by atoms with E-state index in [1.54, 1.807) is 31.2 Å². The summed E-state index contributed by atoms with van der Waals surface area (Å²) in [5.41, 5.74) is 5.05. The van der Waals surface area contributed by atoms with Crippen LogP contribution in [0.25, 0.3) is 22.0 Å². The Bertz CT molecular complexity index is 917. The second kappa shape index (κ2) is 6.40. The standard InChI is InChI=1S/C20H18FNO2/c1-4-24-20(23)15-7-10-18-17(11-15)19(12(2)13(3)22-18)14-5-8-16(21)9-6-14/h5-11H,4H2,1-3H3. The lowest BCUT2D eigenvalue weighted by atomic mass is 9.94. The maximum Gasteiger partial charge on any atom is 0.338 e. The monoisotopic (exact) mass is 323 g/mol. The molecule has 0 spiro atoms. The van der Waals surface area contributed by atoms with Crippen LogP contribution in [0.4, 0.5) is 4.39 Å². The molecule has 3 nitrogen and oxygen atoms in total. The van der Waals surface area contributed by atoms with Crippen LogP contribution in [0.2, 0.25) is 0 Å². The van der Waals surface area contributed by atoms with Gasteiger partial charge in [0.1, 0.15) is 5.82 Å². The maximum absolute atomic E-state index is 13.3. The molecule has 0 radical (unpaired) electrons. The fraction of sp³-hybridized carbons (Fsp3) is 0.200. The van der Waals surface area contributed by atoms with Crippen molar-refractivity contribution in [3.05, 3.63) is 65.1 Å². The smallest absolute Gasteiger partial charge is 0.338 e. The van der Waals surface area contributed by atoms with Gasteiger partial charge in [-0.25, -0.2) is 9.18 Å². The average molecular weight is 323 g/mol. The van der Waals surface area contributed by atoms with Gasteiger partial charge in [-0.2, -0.15) is 0 Å². The number of ether oxygens (including phenoxy) is 1. The van der Waals surface area contributed by atoms with E-state index in [9.17, 15) is 9.18 Å². The summed E-state index contributed by atoms with van der Waals surface area (Å²) in [7, 11) is 0. The summed E-state index contributed by atoms with van der Waals surface area (Å²) in [5.74, 6) is -0.638. The molecule has 0 saturated heterocycles. The third-order valence-corrected chi connectivity index (χ3v) is 4.12. The highest BCUT2D eigenvalue weighted by Gasteiger charge is 2.14. The molecule has 0 aliphatic carbocycles. The second-order valence-corrected chi connectivity index (χ2v) is 5.66. The largest absolute Gasteiger partial charge is 0.462 e. The summed E-state index contributed by atoms with van der Waals surface area (Å²) < 4.78 is 18.4. The Morgan fingerprint density at radius 3 is 2.50 bits per heavy atom. The Morgan fingerprint density at radius 1 is 1.12 bits per heavy atom. The first kappa shape index (κ1) is 16.1. The molecule has 0 unspecified atom stereocenters. The number of nitrogens with zero attached hydrogens (tertiary/aromatic N) is 1. The highest BCUT2D eigenvalue weighted by molar-refractivity contribution is 6.01. The molecule has 3 aromatic rings. The van der Waals surface area contributed by atoms with Crippen molar-refractivity contribution in [2.45, 2.75) is 20.8 Å². The van der Waals surface area contributed by atoms with E-state index >= 15 is 0 Å². The van der Waals surface area contributed by atoms with Crippen LogP contribution in [0, 0.1) is 19.7 Å². The van der Waals surface area contributed by atoms with E-state index in [1.165, 1.54) is 12.1 Å². The van der Waals surface area contributed by atoms with Gasteiger partial charge in [-0.3, -0.25) is 4.98 Å². The van der Waals surface area contributed by atoms with Crippen molar-refractivity contribution in [1.29, 1.82) is 0 Å². The molecule has 4 heteroatoms. The SMILES string of the molecule is CCOC(=O)c1ccc2nc(C)c(C)c(-c3ccc(F)cc3)c2c1. The van der Waals surface area contributed by atoms with E-state index in [2.05, 4.69) is 4.98 Å². The van der Waals surface area contributed by atoms with Crippen molar-refractivity contribution in [3.8, 4) is 11.1 Å². The molecule has 24 heavy (non-hydrogen) atoms. The summed E-state index contributed by atoms with van der Waals surface area (Å²) in [6, 6.07) is 11.7. The molecule has 1 aromatic heterocycles. The molecule has 2 aromatic carbocycles. The first-order valence-corrected chi connectivity index (χ1v) is 7.85. The summed E-state index contributed by atoms with van der Waals surface area (Å²) >= 11 is 0. The van der Waals surface area contributed by atoms with Gasteiger partial charge in [0.25, 0.3) is 0 Å². The summed E-state index contributed by atoms with van der Waals surface area (Å²) in [6.07, 6.45) is 0. The van der Waals surface area contributed by atoms with Crippen molar-refractivity contribution < 1.29 is 13.9 Å². The Hall–Kier alpha value is -2.75. The van der Waals surface area contributed by atoms with E-state index in [4.69, 9.17) is 4.74 Å². The van der Waals surface area contributed by atoms with Crippen LogP contribution in [0.15, 0.2) is 42.5 Å².